The molecule has 0 radical (unpaired) electrons. The van der Waals surface area contributed by atoms with Crippen LogP contribution < -0.4 is 10.5 Å². The molecule has 0 unspecified atom stereocenters. The Balaban J connectivity index is 0.00000162. The molecule has 2 rings (SSSR count). The maximum atomic E-state index is 13.6. The molecule has 0 heterocycles. The zero-order valence-corrected chi connectivity index (χ0v) is 11.5. The molecule has 2 nitrogen and oxygen atoms in total. The zero-order chi connectivity index (χ0) is 12.3. The number of hydrogen-bond acceptors (Lipinski definition) is 2. The van der Waals surface area contributed by atoms with Crippen molar-refractivity contribution in [2.45, 2.75) is 38.1 Å². The number of halogens is 2. The fourth-order valence-electron chi connectivity index (χ4n) is 2.75. The van der Waals surface area contributed by atoms with Crippen molar-refractivity contribution < 1.29 is 9.13 Å². The second-order valence-electron chi connectivity index (χ2n) is 4.79. The number of ether oxygens (including phenoxy) is 1. The van der Waals surface area contributed by atoms with Crippen LogP contribution in [0.4, 0.5) is 4.39 Å². The molecule has 1 saturated carbocycles. The molecule has 18 heavy (non-hydrogen) atoms. The Morgan fingerprint density at radius 2 is 1.94 bits per heavy atom. The second-order valence-corrected chi connectivity index (χ2v) is 4.79. The monoisotopic (exact) mass is 273 g/mol. The minimum atomic E-state index is -0.323. The number of benzene rings is 1. The van der Waals surface area contributed by atoms with Crippen LogP contribution in [0.1, 0.15) is 43.7 Å². The van der Waals surface area contributed by atoms with Crippen molar-refractivity contribution in [3.8, 4) is 5.75 Å². The zero-order valence-electron chi connectivity index (χ0n) is 10.7. The van der Waals surface area contributed by atoms with Crippen molar-refractivity contribution in [1.29, 1.82) is 0 Å². The van der Waals surface area contributed by atoms with Crippen LogP contribution in [0.2, 0.25) is 0 Å². The summed E-state index contributed by atoms with van der Waals surface area (Å²) in [7, 11) is 1.50. The lowest BCUT2D eigenvalue weighted by Crippen LogP contribution is -2.24. The number of para-hydroxylation sites is 1. The Morgan fingerprint density at radius 3 is 2.56 bits per heavy atom. The average Bonchev–Trinajstić information content (AvgIpc) is 2.38. The molecule has 0 spiro atoms. The summed E-state index contributed by atoms with van der Waals surface area (Å²) >= 11 is 0. The van der Waals surface area contributed by atoms with Gasteiger partial charge in [0, 0.05) is 11.6 Å². The molecule has 0 amide bonds. The van der Waals surface area contributed by atoms with Crippen molar-refractivity contribution in [1.82, 2.24) is 0 Å². The maximum absolute atomic E-state index is 13.6. The van der Waals surface area contributed by atoms with Crippen LogP contribution in [0.3, 0.4) is 0 Å². The Kier molecular flexibility index (Phi) is 5.89. The van der Waals surface area contributed by atoms with Crippen LogP contribution in [-0.4, -0.2) is 7.11 Å². The quantitative estimate of drug-likeness (QED) is 0.908. The van der Waals surface area contributed by atoms with Gasteiger partial charge in [0.1, 0.15) is 0 Å². The van der Waals surface area contributed by atoms with Gasteiger partial charge in [-0.15, -0.1) is 12.4 Å². The summed E-state index contributed by atoms with van der Waals surface area (Å²) in [6, 6.07) is 4.88. The van der Waals surface area contributed by atoms with E-state index in [-0.39, 0.29) is 24.3 Å². The van der Waals surface area contributed by atoms with Gasteiger partial charge in [0.05, 0.1) is 7.11 Å². The lowest BCUT2D eigenvalue weighted by molar-refractivity contribution is 0.298. The van der Waals surface area contributed by atoms with Crippen LogP contribution in [-0.2, 0) is 0 Å². The van der Waals surface area contributed by atoms with Gasteiger partial charge in [-0.2, -0.15) is 0 Å². The normalized spacial score (nSPS) is 17.9. The molecule has 1 aromatic carbocycles. The van der Waals surface area contributed by atoms with Crippen molar-refractivity contribution in [3.63, 3.8) is 0 Å². The molecule has 1 fully saturated rings. The molecule has 0 aliphatic heterocycles. The predicted octanol–water partition coefficient (Wildman–Crippen LogP) is 3.84. The van der Waals surface area contributed by atoms with Crippen LogP contribution in [0.25, 0.3) is 0 Å². The van der Waals surface area contributed by atoms with E-state index in [2.05, 4.69) is 0 Å². The van der Waals surface area contributed by atoms with E-state index in [1.165, 1.54) is 32.4 Å². The molecule has 2 N–H and O–H groups in total. The average molecular weight is 274 g/mol. The summed E-state index contributed by atoms with van der Waals surface area (Å²) in [4.78, 5) is 0. The largest absolute Gasteiger partial charge is 0.493 e. The van der Waals surface area contributed by atoms with Gasteiger partial charge in [0.25, 0.3) is 0 Å². The summed E-state index contributed by atoms with van der Waals surface area (Å²) < 4.78 is 18.7. The molecular weight excluding hydrogens is 253 g/mol. The number of rotatable bonds is 3. The standard InChI is InChI=1S/C14H20FNO.ClH/c1-17-14-11(8-5-9-12(14)15)13(16)10-6-3-2-4-7-10;/h5,8-10,13H,2-4,6-7,16H2,1H3;1H/t13-;/m0./s1. The summed E-state index contributed by atoms with van der Waals surface area (Å²) in [6.07, 6.45) is 6.04. The summed E-state index contributed by atoms with van der Waals surface area (Å²) in [5.41, 5.74) is 7.07. The van der Waals surface area contributed by atoms with E-state index in [1.807, 2.05) is 6.07 Å². The van der Waals surface area contributed by atoms with Gasteiger partial charge in [-0.1, -0.05) is 31.4 Å². The van der Waals surface area contributed by atoms with E-state index in [9.17, 15) is 4.39 Å². The minimum absolute atomic E-state index is 0. The number of methoxy groups -OCH3 is 1. The van der Waals surface area contributed by atoms with Crippen molar-refractivity contribution in [3.05, 3.63) is 29.6 Å². The van der Waals surface area contributed by atoms with Gasteiger partial charge in [0.2, 0.25) is 0 Å². The molecule has 102 valence electrons. The van der Waals surface area contributed by atoms with E-state index in [0.717, 1.165) is 18.4 Å². The highest BCUT2D eigenvalue weighted by Gasteiger charge is 2.25. The summed E-state index contributed by atoms with van der Waals surface area (Å²) in [6.45, 7) is 0. The smallest absolute Gasteiger partial charge is 0.165 e. The molecule has 0 aromatic heterocycles. The third-order valence-corrected chi connectivity index (χ3v) is 3.72. The molecule has 1 aromatic rings. The van der Waals surface area contributed by atoms with E-state index >= 15 is 0 Å². The molecule has 1 aliphatic carbocycles. The molecule has 1 aliphatic rings. The van der Waals surface area contributed by atoms with Gasteiger partial charge in [-0.3, -0.25) is 0 Å². The van der Waals surface area contributed by atoms with Crippen LogP contribution in [0, 0.1) is 11.7 Å². The van der Waals surface area contributed by atoms with Crippen LogP contribution in [0.5, 0.6) is 5.75 Å². The SMILES string of the molecule is COc1c(F)cccc1[C@@H](N)C1CCCCC1.Cl. The van der Waals surface area contributed by atoms with E-state index in [1.54, 1.807) is 6.07 Å². The first-order valence-electron chi connectivity index (χ1n) is 6.32. The Bertz CT molecular complexity index is 380. The predicted molar refractivity (Wildman–Crippen MR) is 73.7 cm³/mol. The lowest BCUT2D eigenvalue weighted by Gasteiger charge is -2.28. The van der Waals surface area contributed by atoms with Gasteiger partial charge < -0.3 is 10.5 Å². The summed E-state index contributed by atoms with van der Waals surface area (Å²) in [5.74, 6) is 0.446. The highest BCUT2D eigenvalue weighted by atomic mass is 35.5. The molecule has 1 atom stereocenters. The van der Waals surface area contributed by atoms with Gasteiger partial charge in [-0.05, 0) is 24.8 Å². The maximum Gasteiger partial charge on any atom is 0.165 e. The highest BCUT2D eigenvalue weighted by molar-refractivity contribution is 5.85. The third kappa shape index (κ3) is 3.15. The van der Waals surface area contributed by atoms with Gasteiger partial charge >= 0.3 is 0 Å². The molecule has 4 heteroatoms. The fourth-order valence-corrected chi connectivity index (χ4v) is 2.75. The minimum Gasteiger partial charge on any atom is -0.493 e. The lowest BCUT2D eigenvalue weighted by atomic mass is 9.81. The van der Waals surface area contributed by atoms with Crippen molar-refractivity contribution in [2.24, 2.45) is 11.7 Å². The van der Waals surface area contributed by atoms with Gasteiger partial charge in [0.15, 0.2) is 11.6 Å². The highest BCUT2D eigenvalue weighted by Crippen LogP contribution is 2.37. The summed E-state index contributed by atoms with van der Waals surface area (Å²) in [5, 5.41) is 0. The molecule has 0 saturated heterocycles. The van der Waals surface area contributed by atoms with E-state index < -0.39 is 0 Å². The Morgan fingerprint density at radius 1 is 1.28 bits per heavy atom. The van der Waals surface area contributed by atoms with Crippen LogP contribution in [0.15, 0.2) is 18.2 Å². The first-order chi connectivity index (χ1) is 8.24. The van der Waals surface area contributed by atoms with Gasteiger partial charge in [-0.25, -0.2) is 4.39 Å². The number of nitrogens with two attached hydrogens (primary N) is 1. The van der Waals surface area contributed by atoms with Crippen molar-refractivity contribution in [2.75, 3.05) is 7.11 Å². The Hall–Kier alpha value is -0.800. The van der Waals surface area contributed by atoms with E-state index in [4.69, 9.17) is 10.5 Å². The molecule has 0 bridgehead atoms. The third-order valence-electron chi connectivity index (χ3n) is 3.72. The molecular formula is C14H21ClFNO. The van der Waals surface area contributed by atoms with Crippen molar-refractivity contribution >= 4 is 12.4 Å². The topological polar surface area (TPSA) is 35.2 Å². The second kappa shape index (κ2) is 6.95. The van der Waals surface area contributed by atoms with E-state index in [0.29, 0.717) is 11.7 Å². The fraction of sp³-hybridized carbons (Fsp3) is 0.571. The first kappa shape index (κ1) is 15.3. The Labute approximate surface area is 114 Å². The first-order valence-corrected chi connectivity index (χ1v) is 6.32. The number of hydrogen-bond donors (Lipinski definition) is 1. The van der Waals surface area contributed by atoms with Crippen LogP contribution >= 0.6 is 12.4 Å².